The van der Waals surface area contributed by atoms with Crippen molar-refractivity contribution in [3.8, 4) is 0 Å². The molecule has 4 heteroatoms. The molecule has 1 amide bonds. The maximum absolute atomic E-state index is 12.3. The molecule has 90 valence electrons. The van der Waals surface area contributed by atoms with Crippen LogP contribution < -0.4 is 5.32 Å². The topological polar surface area (TPSA) is 32.3 Å². The molecular formula is C13H15BrN2O. The van der Waals surface area contributed by atoms with Crippen molar-refractivity contribution in [3.63, 3.8) is 0 Å². The SMILES string of the molecule is O=C(c1cccc(Br)c1)N1CC2CNCC2C1. The molecule has 1 N–H and O–H groups in total. The van der Waals surface area contributed by atoms with Gasteiger partial charge in [0.15, 0.2) is 0 Å². The molecule has 0 aromatic heterocycles. The van der Waals surface area contributed by atoms with Crippen LogP contribution in [0.15, 0.2) is 28.7 Å². The minimum atomic E-state index is 0.167. The summed E-state index contributed by atoms with van der Waals surface area (Å²) in [7, 11) is 0. The van der Waals surface area contributed by atoms with Gasteiger partial charge in [0.1, 0.15) is 0 Å². The molecule has 0 saturated carbocycles. The molecule has 0 aliphatic carbocycles. The summed E-state index contributed by atoms with van der Waals surface area (Å²) in [6.07, 6.45) is 0. The Kier molecular flexibility index (Phi) is 2.92. The van der Waals surface area contributed by atoms with Gasteiger partial charge in [0.2, 0.25) is 0 Å². The number of nitrogens with zero attached hydrogens (tertiary/aromatic N) is 1. The van der Waals surface area contributed by atoms with Gasteiger partial charge in [-0.15, -0.1) is 0 Å². The normalized spacial score (nSPS) is 27.2. The molecule has 3 nitrogen and oxygen atoms in total. The highest BCUT2D eigenvalue weighted by Crippen LogP contribution is 2.27. The van der Waals surface area contributed by atoms with Gasteiger partial charge in [-0.05, 0) is 30.0 Å². The largest absolute Gasteiger partial charge is 0.338 e. The number of halogens is 1. The zero-order valence-corrected chi connectivity index (χ0v) is 11.1. The van der Waals surface area contributed by atoms with Crippen molar-refractivity contribution >= 4 is 21.8 Å². The van der Waals surface area contributed by atoms with Crippen LogP contribution in [0.2, 0.25) is 0 Å². The molecule has 1 aromatic carbocycles. The maximum atomic E-state index is 12.3. The van der Waals surface area contributed by atoms with Crippen LogP contribution in [0.1, 0.15) is 10.4 Å². The molecule has 1 aromatic rings. The van der Waals surface area contributed by atoms with E-state index in [-0.39, 0.29) is 5.91 Å². The first-order valence-corrected chi connectivity index (χ1v) is 6.79. The Balaban J connectivity index is 1.75. The summed E-state index contributed by atoms with van der Waals surface area (Å²) in [6.45, 7) is 3.94. The van der Waals surface area contributed by atoms with Gasteiger partial charge >= 0.3 is 0 Å². The number of rotatable bonds is 1. The lowest BCUT2D eigenvalue weighted by Crippen LogP contribution is -2.31. The molecule has 0 radical (unpaired) electrons. The lowest BCUT2D eigenvalue weighted by atomic mass is 10.0. The first-order chi connectivity index (χ1) is 8.24. The van der Waals surface area contributed by atoms with E-state index in [2.05, 4.69) is 21.2 Å². The fraction of sp³-hybridized carbons (Fsp3) is 0.462. The molecule has 2 aliphatic rings. The monoisotopic (exact) mass is 294 g/mol. The van der Waals surface area contributed by atoms with Crippen LogP contribution in [0.25, 0.3) is 0 Å². The third-order valence-electron chi connectivity index (χ3n) is 3.75. The Morgan fingerprint density at radius 1 is 1.29 bits per heavy atom. The Hall–Kier alpha value is -0.870. The van der Waals surface area contributed by atoms with Crippen molar-refractivity contribution in [2.45, 2.75) is 0 Å². The highest BCUT2D eigenvalue weighted by Gasteiger charge is 2.38. The minimum absolute atomic E-state index is 0.167. The number of amides is 1. The van der Waals surface area contributed by atoms with Gasteiger partial charge in [-0.2, -0.15) is 0 Å². The summed E-state index contributed by atoms with van der Waals surface area (Å²) in [6, 6.07) is 7.64. The zero-order valence-electron chi connectivity index (χ0n) is 9.53. The third kappa shape index (κ3) is 2.11. The molecule has 0 bridgehead atoms. The van der Waals surface area contributed by atoms with E-state index < -0.39 is 0 Å². The number of fused-ring (bicyclic) bond motifs is 1. The summed E-state index contributed by atoms with van der Waals surface area (Å²) in [5.74, 6) is 1.48. The summed E-state index contributed by atoms with van der Waals surface area (Å²) < 4.78 is 0.962. The van der Waals surface area contributed by atoms with Crippen LogP contribution in [0.5, 0.6) is 0 Å². The summed E-state index contributed by atoms with van der Waals surface area (Å²) in [5.41, 5.74) is 0.785. The van der Waals surface area contributed by atoms with Crippen molar-refractivity contribution < 1.29 is 4.79 Å². The first kappa shape index (κ1) is 11.2. The molecule has 17 heavy (non-hydrogen) atoms. The zero-order chi connectivity index (χ0) is 11.8. The number of carbonyl (C=O) groups is 1. The smallest absolute Gasteiger partial charge is 0.253 e. The van der Waals surface area contributed by atoms with Crippen molar-refractivity contribution in [1.82, 2.24) is 10.2 Å². The predicted molar refractivity (Wildman–Crippen MR) is 69.9 cm³/mol. The summed E-state index contributed by atoms with van der Waals surface area (Å²) in [4.78, 5) is 14.3. The molecule has 3 rings (SSSR count). The molecule has 2 heterocycles. The first-order valence-electron chi connectivity index (χ1n) is 5.99. The number of nitrogens with one attached hydrogen (secondary N) is 1. The Labute approximate surface area is 109 Å². The lowest BCUT2D eigenvalue weighted by molar-refractivity contribution is 0.0781. The average molecular weight is 295 g/mol. The van der Waals surface area contributed by atoms with Gasteiger partial charge < -0.3 is 10.2 Å². The van der Waals surface area contributed by atoms with Gasteiger partial charge in [0.05, 0.1) is 0 Å². The molecule has 2 saturated heterocycles. The number of hydrogen-bond donors (Lipinski definition) is 1. The number of hydrogen-bond acceptors (Lipinski definition) is 2. The summed E-state index contributed by atoms with van der Waals surface area (Å²) in [5, 5.41) is 3.39. The maximum Gasteiger partial charge on any atom is 0.253 e. The Morgan fingerprint density at radius 2 is 2.00 bits per heavy atom. The molecular weight excluding hydrogens is 280 g/mol. The van der Waals surface area contributed by atoms with Crippen molar-refractivity contribution in [1.29, 1.82) is 0 Å². The van der Waals surface area contributed by atoms with Crippen LogP contribution in [-0.4, -0.2) is 37.0 Å². The standard InChI is InChI=1S/C13H15BrN2O/c14-12-3-1-2-9(4-12)13(17)16-7-10-5-15-6-11(10)8-16/h1-4,10-11,15H,5-8H2. The van der Waals surface area contributed by atoms with E-state index in [4.69, 9.17) is 0 Å². The van der Waals surface area contributed by atoms with Gasteiger partial charge in [-0.25, -0.2) is 0 Å². The second-order valence-corrected chi connectivity index (χ2v) is 5.81. The molecule has 2 fully saturated rings. The van der Waals surface area contributed by atoms with Crippen molar-refractivity contribution in [2.24, 2.45) is 11.8 Å². The van der Waals surface area contributed by atoms with Crippen LogP contribution in [0, 0.1) is 11.8 Å². The minimum Gasteiger partial charge on any atom is -0.338 e. The van der Waals surface area contributed by atoms with Gasteiger partial charge in [0, 0.05) is 36.2 Å². The Bertz CT molecular complexity index is 437. The van der Waals surface area contributed by atoms with Crippen LogP contribution >= 0.6 is 15.9 Å². The number of benzene rings is 1. The van der Waals surface area contributed by atoms with Crippen molar-refractivity contribution in [3.05, 3.63) is 34.3 Å². The van der Waals surface area contributed by atoms with Crippen molar-refractivity contribution in [2.75, 3.05) is 26.2 Å². The van der Waals surface area contributed by atoms with E-state index in [1.165, 1.54) is 0 Å². The fourth-order valence-electron chi connectivity index (χ4n) is 2.83. The van der Waals surface area contributed by atoms with E-state index in [9.17, 15) is 4.79 Å². The Morgan fingerprint density at radius 3 is 2.65 bits per heavy atom. The second-order valence-electron chi connectivity index (χ2n) is 4.90. The lowest BCUT2D eigenvalue weighted by Gasteiger charge is -2.17. The molecule has 2 atom stereocenters. The highest BCUT2D eigenvalue weighted by molar-refractivity contribution is 9.10. The highest BCUT2D eigenvalue weighted by atomic mass is 79.9. The predicted octanol–water partition coefficient (Wildman–Crippen LogP) is 1.74. The van der Waals surface area contributed by atoms with Gasteiger partial charge in [0.25, 0.3) is 5.91 Å². The van der Waals surface area contributed by atoms with Gasteiger partial charge in [-0.1, -0.05) is 22.0 Å². The van der Waals surface area contributed by atoms with E-state index in [1.54, 1.807) is 0 Å². The molecule has 0 spiro atoms. The quantitative estimate of drug-likeness (QED) is 0.856. The van der Waals surface area contributed by atoms with Crippen LogP contribution in [0.4, 0.5) is 0 Å². The molecule has 2 unspecified atom stereocenters. The molecule has 2 aliphatic heterocycles. The van der Waals surface area contributed by atoms with Crippen LogP contribution in [0.3, 0.4) is 0 Å². The van der Waals surface area contributed by atoms with E-state index >= 15 is 0 Å². The fourth-order valence-corrected chi connectivity index (χ4v) is 3.22. The average Bonchev–Trinajstić information content (AvgIpc) is 2.88. The van der Waals surface area contributed by atoms with E-state index in [0.717, 1.165) is 36.2 Å². The van der Waals surface area contributed by atoms with Crippen LogP contribution in [-0.2, 0) is 0 Å². The number of likely N-dealkylation sites (tertiary alicyclic amines) is 1. The van der Waals surface area contributed by atoms with E-state index in [1.807, 2.05) is 29.2 Å². The number of carbonyl (C=O) groups excluding carboxylic acids is 1. The summed E-state index contributed by atoms with van der Waals surface area (Å²) >= 11 is 3.41. The third-order valence-corrected chi connectivity index (χ3v) is 4.24. The van der Waals surface area contributed by atoms with E-state index in [0.29, 0.717) is 11.8 Å². The van der Waals surface area contributed by atoms with Gasteiger partial charge in [-0.3, -0.25) is 4.79 Å². The second kappa shape index (κ2) is 4.42.